The smallest absolute Gasteiger partial charge is 0.418 e. The molecule has 2 aromatic carbocycles. The Morgan fingerprint density at radius 3 is 2.45 bits per heavy atom. The number of nitrogens with one attached hydrogen (secondary N) is 1. The summed E-state index contributed by atoms with van der Waals surface area (Å²) in [6, 6.07) is 11.6. The van der Waals surface area contributed by atoms with Crippen molar-refractivity contribution in [2.24, 2.45) is 0 Å². The van der Waals surface area contributed by atoms with Crippen molar-refractivity contribution in [1.82, 2.24) is 34.8 Å². The molecule has 5 aromatic rings. The largest absolute Gasteiger partial charge is 1.00 e. The first-order valence-corrected chi connectivity index (χ1v) is 17.3. The normalized spacial score (nSPS) is 12.9. The molecule has 0 spiro atoms. The van der Waals surface area contributed by atoms with E-state index in [1.807, 2.05) is 0 Å². The molecule has 0 radical (unpaired) electrons. The number of likely N-dealkylation sites (N-methyl/N-ethyl adjacent to an activating group) is 1. The van der Waals surface area contributed by atoms with Crippen LogP contribution in [0.4, 0.5) is 37.0 Å². The highest BCUT2D eigenvalue weighted by atomic mass is 35.5. The first kappa shape index (κ1) is 48.6. The molecule has 2 unspecified atom stereocenters. The zero-order valence-electron chi connectivity index (χ0n) is 32.0. The number of rotatable bonds is 18. The van der Waals surface area contributed by atoms with E-state index in [2.05, 4.69) is 25.5 Å². The van der Waals surface area contributed by atoms with Crippen LogP contribution < -0.4 is 31.9 Å². The van der Waals surface area contributed by atoms with Gasteiger partial charge in [0.25, 0.3) is 6.33 Å². The van der Waals surface area contributed by atoms with Crippen LogP contribution in [0.3, 0.4) is 0 Å². The summed E-state index contributed by atoms with van der Waals surface area (Å²) in [6.45, 7) is -0.869. The lowest BCUT2D eigenvalue weighted by atomic mass is 9.93. The number of carbonyl (C=O) groups is 2. The van der Waals surface area contributed by atoms with Crippen LogP contribution in [-0.4, -0.2) is 86.3 Å². The third-order valence-electron chi connectivity index (χ3n) is 8.35. The molecule has 2 atom stereocenters. The second kappa shape index (κ2) is 21.5. The molecule has 324 valence electrons. The van der Waals surface area contributed by atoms with Crippen molar-refractivity contribution in [3.63, 3.8) is 0 Å². The molecule has 0 saturated heterocycles. The third-order valence-corrected chi connectivity index (χ3v) is 8.35. The lowest BCUT2D eigenvalue weighted by molar-refractivity contribution is -0.753. The van der Waals surface area contributed by atoms with Crippen molar-refractivity contribution in [1.29, 1.82) is 0 Å². The molecule has 1 amide bonds. The van der Waals surface area contributed by atoms with E-state index in [1.165, 1.54) is 76.5 Å². The Balaban J connectivity index is 0.00000480. The SMILES string of the molecule is CNCC(=O)OCc1cccnc1N(C)C(=O)OC(C)[n+]1cnn(CC(O)(Cn2cnc(/C=C/c3ccc(OCC(F)(F)C(F)F)cc3)n2)c2ccc(F)cc2F)c1.Cl.[Cl-]. The molecule has 0 saturated carbocycles. The van der Waals surface area contributed by atoms with E-state index in [-0.39, 0.29) is 60.9 Å². The van der Waals surface area contributed by atoms with E-state index in [0.717, 1.165) is 17.0 Å². The van der Waals surface area contributed by atoms with Crippen molar-refractivity contribution in [3.8, 4) is 5.75 Å². The summed E-state index contributed by atoms with van der Waals surface area (Å²) in [6.07, 6.45) is 2.86. The molecule has 5 rings (SSSR count). The number of nitrogens with zero attached hydrogens (tertiary/aromatic N) is 8. The summed E-state index contributed by atoms with van der Waals surface area (Å²) in [7, 11) is 3.02. The number of aliphatic hydroxyl groups is 1. The van der Waals surface area contributed by atoms with Crippen LogP contribution in [0, 0.1) is 11.6 Å². The number of carbonyl (C=O) groups excluding carboxylic acids is 2. The van der Waals surface area contributed by atoms with Crippen molar-refractivity contribution in [3.05, 3.63) is 114 Å². The summed E-state index contributed by atoms with van der Waals surface area (Å²) in [5, 5.41) is 23.2. The summed E-state index contributed by atoms with van der Waals surface area (Å²) in [4.78, 5) is 34.5. The fraction of sp³-hybridized carbons (Fsp3) is 0.324. The molecule has 0 aliphatic heterocycles. The number of ether oxygens (including phenoxy) is 3. The molecule has 15 nitrogen and oxygen atoms in total. The monoisotopic (exact) mass is 889 g/mol. The van der Waals surface area contributed by atoms with Gasteiger partial charge in [-0.3, -0.25) is 9.69 Å². The third kappa shape index (κ3) is 12.9. The number of aromatic nitrogens is 7. The minimum Gasteiger partial charge on any atom is -1.00 e. The molecule has 0 bridgehead atoms. The maximum atomic E-state index is 15.2. The maximum absolute atomic E-state index is 15.2. The number of hydrogen-bond acceptors (Lipinski definition) is 11. The molecular formula is C37H39Cl2F6N9O6. The van der Waals surface area contributed by atoms with Gasteiger partial charge in [-0.15, -0.1) is 17.1 Å². The minimum atomic E-state index is -4.30. The average molecular weight is 891 g/mol. The van der Waals surface area contributed by atoms with Gasteiger partial charge >= 0.3 is 24.4 Å². The number of amides is 1. The van der Waals surface area contributed by atoms with E-state index >= 15 is 4.39 Å². The topological polar surface area (TPSA) is 163 Å². The predicted molar refractivity (Wildman–Crippen MR) is 199 cm³/mol. The van der Waals surface area contributed by atoms with E-state index in [0.29, 0.717) is 17.2 Å². The number of anilines is 1. The van der Waals surface area contributed by atoms with Crippen LogP contribution in [0.5, 0.6) is 5.75 Å². The second-order valence-corrected chi connectivity index (χ2v) is 12.8. The van der Waals surface area contributed by atoms with Crippen molar-refractivity contribution in [2.45, 2.75) is 50.8 Å². The Labute approximate surface area is 351 Å². The van der Waals surface area contributed by atoms with Gasteiger partial charge < -0.3 is 37.0 Å². The van der Waals surface area contributed by atoms with E-state index in [4.69, 9.17) is 14.2 Å². The van der Waals surface area contributed by atoms with Gasteiger partial charge in [0, 0.05) is 42.5 Å². The van der Waals surface area contributed by atoms with Crippen molar-refractivity contribution in [2.75, 3.05) is 32.1 Å². The number of esters is 1. The number of alkyl halides is 4. The van der Waals surface area contributed by atoms with Crippen LogP contribution in [0.25, 0.3) is 12.2 Å². The van der Waals surface area contributed by atoms with Gasteiger partial charge in [0.2, 0.25) is 12.6 Å². The lowest BCUT2D eigenvalue weighted by Crippen LogP contribution is -3.00. The molecule has 2 N–H and O–H groups in total. The summed E-state index contributed by atoms with van der Waals surface area (Å²) in [5.41, 5.74) is -1.37. The fourth-order valence-corrected chi connectivity index (χ4v) is 5.35. The second-order valence-electron chi connectivity index (χ2n) is 12.8. The van der Waals surface area contributed by atoms with Crippen LogP contribution >= 0.6 is 12.4 Å². The zero-order valence-corrected chi connectivity index (χ0v) is 33.5. The molecule has 3 heterocycles. The van der Waals surface area contributed by atoms with Gasteiger partial charge in [-0.05, 0) is 43.0 Å². The van der Waals surface area contributed by atoms with E-state index < -0.39 is 67.6 Å². The van der Waals surface area contributed by atoms with E-state index in [9.17, 15) is 36.6 Å². The molecular weight excluding hydrogens is 851 g/mol. The van der Waals surface area contributed by atoms with Crippen LogP contribution in [0.1, 0.15) is 35.7 Å². The van der Waals surface area contributed by atoms with Crippen LogP contribution in [0.2, 0.25) is 0 Å². The maximum Gasteiger partial charge on any atom is 0.418 e. The number of hydrogen-bond donors (Lipinski definition) is 2. The van der Waals surface area contributed by atoms with Crippen LogP contribution in [0.15, 0.2) is 79.8 Å². The van der Waals surface area contributed by atoms with Crippen molar-refractivity contribution < 1.29 is 72.2 Å². The summed E-state index contributed by atoms with van der Waals surface area (Å²) >= 11 is 0. The van der Waals surface area contributed by atoms with Crippen LogP contribution in [-0.2, 0) is 39.6 Å². The molecule has 60 heavy (non-hydrogen) atoms. The predicted octanol–water partition coefficient (Wildman–Crippen LogP) is 1.95. The fourth-order valence-electron chi connectivity index (χ4n) is 5.35. The Hall–Kier alpha value is -5.77. The first-order valence-electron chi connectivity index (χ1n) is 17.3. The molecule has 0 aliphatic carbocycles. The van der Waals surface area contributed by atoms with Gasteiger partial charge in [0.15, 0.2) is 12.4 Å². The Morgan fingerprint density at radius 1 is 1.05 bits per heavy atom. The quantitative estimate of drug-likeness (QED) is 0.0752. The van der Waals surface area contributed by atoms with Gasteiger partial charge in [-0.1, -0.05) is 30.3 Å². The van der Waals surface area contributed by atoms with Gasteiger partial charge in [-0.2, -0.15) is 18.4 Å². The minimum absolute atomic E-state index is 0. The summed E-state index contributed by atoms with van der Waals surface area (Å²) < 4.78 is 99.8. The number of halogens is 8. The Morgan fingerprint density at radius 2 is 1.77 bits per heavy atom. The molecule has 0 fully saturated rings. The number of benzene rings is 2. The molecule has 0 aliphatic rings. The van der Waals surface area contributed by atoms with E-state index in [1.54, 1.807) is 32.2 Å². The van der Waals surface area contributed by atoms with Gasteiger partial charge in [0.05, 0.1) is 13.1 Å². The average Bonchev–Trinajstić information content (AvgIpc) is 3.85. The summed E-state index contributed by atoms with van der Waals surface area (Å²) in [5.74, 6) is -6.40. The highest BCUT2D eigenvalue weighted by Crippen LogP contribution is 2.29. The molecule has 23 heteroatoms. The van der Waals surface area contributed by atoms with Gasteiger partial charge in [-0.25, -0.2) is 37.0 Å². The zero-order chi connectivity index (χ0) is 42.0. The van der Waals surface area contributed by atoms with Gasteiger partial charge in [0.1, 0.15) is 48.3 Å². The Kier molecular flexibility index (Phi) is 17.4. The Bertz CT molecular complexity index is 2220. The highest BCUT2D eigenvalue weighted by Gasteiger charge is 2.42. The highest BCUT2D eigenvalue weighted by molar-refractivity contribution is 5.86. The first-order chi connectivity index (χ1) is 27.6. The standard InChI is InChI=1S/C37H38F6N9O6.2ClH/c1-24(58-35(54)49(3)33-26(5-4-14-45-33)17-56-32(53)16-44-2)50-22-47-52(23-50)19-36(55,29-12-9-27(38)15-30(29)39)18-51-21-46-31(48-51)13-8-25-6-10-28(11-7-25)57-20-37(42,43)34(40)41;;/h4-15,21-24,34,44,55H,16-20H2,1-3H3;2*1H/q+1;;/p-1/b13-8+;;. The molecule has 3 aromatic heterocycles. The number of pyridine rings is 1. The van der Waals surface area contributed by atoms with Crippen molar-refractivity contribution >= 4 is 42.4 Å². The lowest BCUT2D eigenvalue weighted by Gasteiger charge is -2.26.